The number of nitrogens with two attached hydrogens (primary N) is 1. The maximum atomic E-state index is 12.6. The summed E-state index contributed by atoms with van der Waals surface area (Å²) in [6.07, 6.45) is 0. The number of oxazole rings is 1. The van der Waals surface area contributed by atoms with Crippen molar-refractivity contribution in [3.05, 3.63) is 29.9 Å². The third-order valence-electron chi connectivity index (χ3n) is 1.56. The highest BCUT2D eigenvalue weighted by atomic mass is 19.1. The summed E-state index contributed by atoms with van der Waals surface area (Å²) in [4.78, 5) is 14.3. The van der Waals surface area contributed by atoms with Crippen LogP contribution in [0.3, 0.4) is 0 Å². The first-order valence-electron chi connectivity index (χ1n) is 3.53. The van der Waals surface area contributed by atoms with Crippen molar-refractivity contribution in [3.63, 3.8) is 0 Å². The molecule has 0 spiro atoms. The zero-order valence-electron chi connectivity index (χ0n) is 6.45. The van der Waals surface area contributed by atoms with Gasteiger partial charge in [0, 0.05) is 6.07 Å². The fraction of sp³-hybridized carbons (Fsp3) is 0. The van der Waals surface area contributed by atoms with Gasteiger partial charge in [0.2, 0.25) is 0 Å². The molecule has 0 fully saturated rings. The van der Waals surface area contributed by atoms with Crippen LogP contribution < -0.4 is 5.73 Å². The van der Waals surface area contributed by atoms with Crippen molar-refractivity contribution in [1.29, 1.82) is 0 Å². The van der Waals surface area contributed by atoms with Gasteiger partial charge in [0.15, 0.2) is 5.58 Å². The second-order valence-electron chi connectivity index (χ2n) is 2.50. The van der Waals surface area contributed by atoms with Crippen LogP contribution in [0, 0.1) is 5.82 Å². The zero-order valence-corrected chi connectivity index (χ0v) is 6.45. The lowest BCUT2D eigenvalue weighted by atomic mass is 10.3. The Morgan fingerprint density at radius 3 is 3.00 bits per heavy atom. The minimum Gasteiger partial charge on any atom is -0.432 e. The van der Waals surface area contributed by atoms with E-state index in [-0.39, 0.29) is 11.4 Å². The van der Waals surface area contributed by atoms with Crippen LogP contribution in [0.15, 0.2) is 22.6 Å². The van der Waals surface area contributed by atoms with Crippen molar-refractivity contribution in [2.45, 2.75) is 0 Å². The Kier molecular flexibility index (Phi) is 1.51. The summed E-state index contributed by atoms with van der Waals surface area (Å²) in [5, 5.41) is 0. The van der Waals surface area contributed by atoms with Crippen molar-refractivity contribution in [2.24, 2.45) is 5.73 Å². The molecule has 1 heterocycles. The summed E-state index contributed by atoms with van der Waals surface area (Å²) in [7, 11) is 0. The summed E-state index contributed by atoms with van der Waals surface area (Å²) >= 11 is 0. The van der Waals surface area contributed by atoms with Crippen LogP contribution in [0.25, 0.3) is 11.1 Å². The Morgan fingerprint density at radius 2 is 2.31 bits per heavy atom. The van der Waals surface area contributed by atoms with Gasteiger partial charge in [-0.25, -0.2) is 9.37 Å². The van der Waals surface area contributed by atoms with E-state index < -0.39 is 11.7 Å². The first kappa shape index (κ1) is 7.72. The van der Waals surface area contributed by atoms with Crippen molar-refractivity contribution in [3.8, 4) is 0 Å². The summed E-state index contributed by atoms with van der Waals surface area (Å²) in [6.45, 7) is 0. The number of hydrogen-bond donors (Lipinski definition) is 1. The number of benzene rings is 1. The number of nitrogens with zero attached hydrogens (tertiary/aromatic N) is 1. The average molecular weight is 180 g/mol. The third kappa shape index (κ3) is 1.24. The van der Waals surface area contributed by atoms with Gasteiger partial charge in [-0.3, -0.25) is 4.79 Å². The summed E-state index contributed by atoms with van der Waals surface area (Å²) in [5.41, 5.74) is 5.56. The Hall–Kier alpha value is -1.91. The lowest BCUT2D eigenvalue weighted by molar-refractivity contribution is 0.0969. The highest BCUT2D eigenvalue weighted by Gasteiger charge is 2.10. The standard InChI is InChI=1S/C8H5FN2O2/c9-4-1-2-6-5(3-4)11-8(13-6)7(10)12/h1-3H,(H2,10,12). The Bertz CT molecular complexity index is 478. The third-order valence-corrected chi connectivity index (χ3v) is 1.56. The van der Waals surface area contributed by atoms with Gasteiger partial charge in [-0.15, -0.1) is 0 Å². The Morgan fingerprint density at radius 1 is 1.54 bits per heavy atom. The first-order chi connectivity index (χ1) is 6.16. The van der Waals surface area contributed by atoms with Gasteiger partial charge >= 0.3 is 5.91 Å². The number of primary amides is 1. The predicted octanol–water partition coefficient (Wildman–Crippen LogP) is 1.07. The normalized spacial score (nSPS) is 10.5. The van der Waals surface area contributed by atoms with Gasteiger partial charge in [-0.2, -0.15) is 0 Å². The maximum Gasteiger partial charge on any atom is 0.304 e. The van der Waals surface area contributed by atoms with Gasteiger partial charge in [0.1, 0.15) is 11.3 Å². The minimum absolute atomic E-state index is 0.208. The molecule has 0 saturated carbocycles. The van der Waals surface area contributed by atoms with E-state index in [4.69, 9.17) is 10.2 Å². The van der Waals surface area contributed by atoms with Crippen LogP contribution in [-0.4, -0.2) is 10.9 Å². The summed E-state index contributed by atoms with van der Waals surface area (Å²) in [5.74, 6) is -1.41. The summed E-state index contributed by atoms with van der Waals surface area (Å²) in [6, 6.07) is 3.79. The quantitative estimate of drug-likeness (QED) is 0.713. The van der Waals surface area contributed by atoms with Crippen LogP contribution in [0.2, 0.25) is 0 Å². The number of rotatable bonds is 1. The van der Waals surface area contributed by atoms with Crippen LogP contribution in [0.4, 0.5) is 4.39 Å². The maximum absolute atomic E-state index is 12.6. The second-order valence-corrected chi connectivity index (χ2v) is 2.50. The van der Waals surface area contributed by atoms with Crippen molar-refractivity contribution < 1.29 is 13.6 Å². The van der Waals surface area contributed by atoms with Crippen LogP contribution in [0.5, 0.6) is 0 Å². The Labute approximate surface area is 72.2 Å². The van der Waals surface area contributed by atoms with Crippen molar-refractivity contribution in [1.82, 2.24) is 4.98 Å². The Balaban J connectivity index is 2.68. The summed E-state index contributed by atoms with van der Waals surface area (Å²) < 4.78 is 17.6. The fourth-order valence-corrected chi connectivity index (χ4v) is 1.01. The molecule has 0 aliphatic rings. The molecule has 0 saturated heterocycles. The monoisotopic (exact) mass is 180 g/mol. The first-order valence-corrected chi connectivity index (χ1v) is 3.53. The molecular weight excluding hydrogens is 175 g/mol. The van der Waals surface area contributed by atoms with E-state index in [9.17, 15) is 9.18 Å². The van der Waals surface area contributed by atoms with Crippen LogP contribution >= 0.6 is 0 Å². The molecule has 2 aromatic rings. The molecule has 13 heavy (non-hydrogen) atoms. The molecule has 0 aliphatic heterocycles. The van der Waals surface area contributed by atoms with E-state index in [2.05, 4.69) is 4.98 Å². The molecule has 2 rings (SSSR count). The average Bonchev–Trinajstić information content (AvgIpc) is 2.46. The number of aromatic nitrogens is 1. The number of amides is 1. The highest BCUT2D eigenvalue weighted by molar-refractivity contribution is 5.90. The molecule has 1 aromatic heterocycles. The second kappa shape index (κ2) is 2.55. The molecule has 0 radical (unpaired) electrons. The van der Waals surface area contributed by atoms with Gasteiger partial charge in [0.25, 0.3) is 5.89 Å². The molecule has 5 heteroatoms. The molecule has 66 valence electrons. The van der Waals surface area contributed by atoms with Gasteiger partial charge in [0.05, 0.1) is 0 Å². The van der Waals surface area contributed by atoms with Crippen LogP contribution in [-0.2, 0) is 0 Å². The van der Waals surface area contributed by atoms with Crippen molar-refractivity contribution >= 4 is 17.0 Å². The molecule has 0 unspecified atom stereocenters. The largest absolute Gasteiger partial charge is 0.432 e. The number of carbonyl (C=O) groups excluding carboxylic acids is 1. The zero-order chi connectivity index (χ0) is 9.42. The van der Waals surface area contributed by atoms with Gasteiger partial charge < -0.3 is 10.2 Å². The van der Waals surface area contributed by atoms with E-state index in [1.807, 2.05) is 0 Å². The van der Waals surface area contributed by atoms with Gasteiger partial charge in [-0.05, 0) is 12.1 Å². The highest BCUT2D eigenvalue weighted by Crippen LogP contribution is 2.15. The molecule has 0 aliphatic carbocycles. The molecule has 1 aromatic carbocycles. The van der Waals surface area contributed by atoms with E-state index in [1.54, 1.807) is 0 Å². The number of fused-ring (bicyclic) bond motifs is 1. The number of halogens is 1. The van der Waals surface area contributed by atoms with E-state index >= 15 is 0 Å². The van der Waals surface area contributed by atoms with Crippen molar-refractivity contribution in [2.75, 3.05) is 0 Å². The predicted molar refractivity (Wildman–Crippen MR) is 42.5 cm³/mol. The fourth-order valence-electron chi connectivity index (χ4n) is 1.01. The lowest BCUT2D eigenvalue weighted by Crippen LogP contribution is -2.10. The SMILES string of the molecule is NC(=O)c1nc2cc(F)ccc2o1. The van der Waals surface area contributed by atoms with Gasteiger partial charge in [-0.1, -0.05) is 0 Å². The lowest BCUT2D eigenvalue weighted by Gasteiger charge is -1.84. The van der Waals surface area contributed by atoms with E-state index in [0.717, 1.165) is 0 Å². The number of hydrogen-bond acceptors (Lipinski definition) is 3. The van der Waals surface area contributed by atoms with E-state index in [0.29, 0.717) is 5.58 Å². The molecule has 2 N–H and O–H groups in total. The smallest absolute Gasteiger partial charge is 0.304 e. The number of carbonyl (C=O) groups is 1. The van der Waals surface area contributed by atoms with Crippen LogP contribution in [0.1, 0.15) is 10.7 Å². The topological polar surface area (TPSA) is 69.1 Å². The molecule has 4 nitrogen and oxygen atoms in total. The molecule has 0 bridgehead atoms. The molecule has 0 atom stereocenters. The molecule has 1 amide bonds. The minimum atomic E-state index is -0.767. The van der Waals surface area contributed by atoms with E-state index in [1.165, 1.54) is 18.2 Å². The molecular formula is C8H5FN2O2.